The molecule has 0 bridgehead atoms. The lowest BCUT2D eigenvalue weighted by molar-refractivity contribution is -0.137. The molecule has 4 aromatic carbocycles. The van der Waals surface area contributed by atoms with Crippen molar-refractivity contribution in [2.75, 3.05) is 11.9 Å². The number of hydrogen-bond donors (Lipinski definition) is 3. The van der Waals surface area contributed by atoms with Crippen LogP contribution in [0.1, 0.15) is 57.7 Å². The van der Waals surface area contributed by atoms with Crippen molar-refractivity contribution in [3.8, 4) is 11.1 Å². The second kappa shape index (κ2) is 14.7. The Balaban J connectivity index is 1.30. The number of hydrogen-bond acceptors (Lipinski definition) is 5. The predicted molar refractivity (Wildman–Crippen MR) is 176 cm³/mol. The molecule has 3 amide bonds. The van der Waals surface area contributed by atoms with E-state index in [4.69, 9.17) is 0 Å². The maximum Gasteiger partial charge on any atom is 0.416 e. The number of rotatable bonds is 11. The standard InChI is InChI=1S/C37H31F3N4O4/c1-23(45)8-7-21-41-36(48)33(25-9-3-2-4-10-25)44-34(46)27-15-19-31-26(22-27)16-20-32(42-31)43-35(47)30-12-6-5-11-29(30)24-13-17-28(18-14-24)37(38,39)40/h2-6,9-20,22,33H,7-8,21H2,1H3,(H,41,48)(H,44,46)(H,42,43,47)/t33-/m0/s1. The van der Waals surface area contributed by atoms with Crippen LogP contribution in [0.25, 0.3) is 22.0 Å². The fourth-order valence-corrected chi connectivity index (χ4v) is 5.10. The average Bonchev–Trinajstić information content (AvgIpc) is 3.08. The van der Waals surface area contributed by atoms with Gasteiger partial charge in [-0.25, -0.2) is 4.98 Å². The van der Waals surface area contributed by atoms with Gasteiger partial charge >= 0.3 is 6.18 Å². The lowest BCUT2D eigenvalue weighted by Crippen LogP contribution is -2.40. The molecule has 1 heterocycles. The zero-order chi connectivity index (χ0) is 34.3. The van der Waals surface area contributed by atoms with Crippen LogP contribution >= 0.6 is 0 Å². The number of carbonyl (C=O) groups excluding carboxylic acids is 4. The van der Waals surface area contributed by atoms with Crippen LogP contribution in [0.2, 0.25) is 0 Å². The number of halogens is 3. The quantitative estimate of drug-likeness (QED) is 0.131. The van der Waals surface area contributed by atoms with Crippen molar-refractivity contribution in [1.29, 1.82) is 0 Å². The highest BCUT2D eigenvalue weighted by atomic mass is 19.4. The molecule has 5 rings (SSSR count). The van der Waals surface area contributed by atoms with Gasteiger partial charge in [-0.1, -0.05) is 60.7 Å². The van der Waals surface area contributed by atoms with Crippen molar-refractivity contribution in [1.82, 2.24) is 15.6 Å². The Labute approximate surface area is 274 Å². The van der Waals surface area contributed by atoms with Crippen LogP contribution in [0.4, 0.5) is 19.0 Å². The summed E-state index contributed by atoms with van der Waals surface area (Å²) in [6.07, 6.45) is -3.64. The van der Waals surface area contributed by atoms with Gasteiger partial charge in [-0.05, 0) is 78.6 Å². The number of Topliss-reactive ketones (excluding diaryl/α,β-unsaturated/α-hetero) is 1. The van der Waals surface area contributed by atoms with Gasteiger partial charge in [0.25, 0.3) is 11.8 Å². The SMILES string of the molecule is CC(=O)CCCNC(=O)[C@@H](NC(=O)c1ccc2nc(NC(=O)c3ccccc3-c3ccc(C(F)(F)F)cc3)ccc2c1)c1ccccc1. The maximum absolute atomic E-state index is 13.3. The van der Waals surface area contributed by atoms with Crippen LogP contribution in [0.3, 0.4) is 0 Å². The first kappa shape index (κ1) is 33.5. The molecule has 48 heavy (non-hydrogen) atoms. The molecule has 0 saturated heterocycles. The minimum Gasteiger partial charge on any atom is -0.354 e. The smallest absolute Gasteiger partial charge is 0.354 e. The molecule has 8 nitrogen and oxygen atoms in total. The number of alkyl halides is 3. The van der Waals surface area contributed by atoms with Gasteiger partial charge < -0.3 is 20.7 Å². The van der Waals surface area contributed by atoms with Gasteiger partial charge in [-0.3, -0.25) is 14.4 Å². The molecule has 5 aromatic rings. The fourth-order valence-electron chi connectivity index (χ4n) is 5.10. The average molecular weight is 653 g/mol. The van der Waals surface area contributed by atoms with E-state index in [2.05, 4.69) is 20.9 Å². The molecule has 0 aliphatic heterocycles. The number of ketones is 1. The third-order valence-electron chi connectivity index (χ3n) is 7.56. The van der Waals surface area contributed by atoms with E-state index in [-0.39, 0.29) is 22.7 Å². The minimum absolute atomic E-state index is 0.0273. The van der Waals surface area contributed by atoms with Crippen molar-refractivity contribution in [3.63, 3.8) is 0 Å². The Kier molecular flexibility index (Phi) is 10.3. The van der Waals surface area contributed by atoms with E-state index < -0.39 is 35.5 Å². The Morgan fingerprint density at radius 2 is 1.50 bits per heavy atom. The fraction of sp³-hybridized carbons (Fsp3) is 0.162. The topological polar surface area (TPSA) is 117 Å². The van der Waals surface area contributed by atoms with Crippen molar-refractivity contribution in [2.24, 2.45) is 0 Å². The molecule has 0 saturated carbocycles. The third kappa shape index (κ3) is 8.30. The second-order valence-electron chi connectivity index (χ2n) is 11.1. The lowest BCUT2D eigenvalue weighted by atomic mass is 9.98. The summed E-state index contributed by atoms with van der Waals surface area (Å²) in [5, 5.41) is 8.94. The number of nitrogens with one attached hydrogen (secondary N) is 3. The summed E-state index contributed by atoms with van der Waals surface area (Å²) < 4.78 is 39.1. The molecule has 0 radical (unpaired) electrons. The van der Waals surface area contributed by atoms with Gasteiger partial charge in [-0.15, -0.1) is 0 Å². The molecule has 0 spiro atoms. The Morgan fingerprint density at radius 1 is 0.792 bits per heavy atom. The predicted octanol–water partition coefficient (Wildman–Crippen LogP) is 7.13. The van der Waals surface area contributed by atoms with Crippen molar-refractivity contribution < 1.29 is 32.3 Å². The maximum atomic E-state index is 13.3. The summed E-state index contributed by atoms with van der Waals surface area (Å²) >= 11 is 0. The Bertz CT molecular complexity index is 1960. The van der Waals surface area contributed by atoms with Gasteiger partial charge in [0.2, 0.25) is 5.91 Å². The van der Waals surface area contributed by atoms with Crippen LogP contribution < -0.4 is 16.0 Å². The number of aromatic nitrogens is 1. The van der Waals surface area contributed by atoms with Crippen LogP contribution in [0, 0.1) is 0 Å². The first-order valence-electron chi connectivity index (χ1n) is 15.1. The molecular formula is C37H31F3N4O4. The molecule has 244 valence electrons. The van der Waals surface area contributed by atoms with E-state index in [0.717, 1.165) is 12.1 Å². The number of benzene rings is 4. The van der Waals surface area contributed by atoms with Gasteiger partial charge in [0, 0.05) is 29.5 Å². The van der Waals surface area contributed by atoms with Crippen LogP contribution in [0.15, 0.2) is 109 Å². The largest absolute Gasteiger partial charge is 0.416 e. The van der Waals surface area contributed by atoms with E-state index in [1.54, 1.807) is 84.9 Å². The highest BCUT2D eigenvalue weighted by Crippen LogP contribution is 2.32. The molecule has 0 fully saturated rings. The third-order valence-corrected chi connectivity index (χ3v) is 7.56. The van der Waals surface area contributed by atoms with Crippen molar-refractivity contribution in [3.05, 3.63) is 131 Å². The molecule has 3 N–H and O–H groups in total. The first-order chi connectivity index (χ1) is 23.0. The zero-order valence-electron chi connectivity index (χ0n) is 25.8. The van der Waals surface area contributed by atoms with E-state index in [1.165, 1.54) is 19.1 Å². The number of pyridine rings is 1. The first-order valence-corrected chi connectivity index (χ1v) is 15.1. The molecule has 1 atom stereocenters. The van der Waals surface area contributed by atoms with E-state index in [1.807, 2.05) is 0 Å². The molecular weight excluding hydrogens is 621 g/mol. The minimum atomic E-state index is -4.47. The number of carbonyl (C=O) groups is 4. The molecule has 11 heteroatoms. The van der Waals surface area contributed by atoms with E-state index >= 15 is 0 Å². The highest BCUT2D eigenvalue weighted by Gasteiger charge is 2.30. The van der Waals surface area contributed by atoms with Crippen molar-refractivity contribution in [2.45, 2.75) is 32.0 Å². The lowest BCUT2D eigenvalue weighted by Gasteiger charge is -2.19. The summed E-state index contributed by atoms with van der Waals surface area (Å²) in [7, 11) is 0. The number of nitrogens with zero attached hydrogens (tertiary/aromatic N) is 1. The highest BCUT2D eigenvalue weighted by molar-refractivity contribution is 6.09. The number of fused-ring (bicyclic) bond motifs is 1. The molecule has 1 aromatic heterocycles. The van der Waals surface area contributed by atoms with Crippen LogP contribution in [0.5, 0.6) is 0 Å². The Hall–Kier alpha value is -5.84. The van der Waals surface area contributed by atoms with Gasteiger partial charge in [0.05, 0.1) is 11.1 Å². The summed E-state index contributed by atoms with van der Waals surface area (Å²) in [6.45, 7) is 1.78. The number of amides is 3. The molecule has 0 aliphatic carbocycles. The van der Waals surface area contributed by atoms with E-state index in [0.29, 0.717) is 47.0 Å². The van der Waals surface area contributed by atoms with E-state index in [9.17, 15) is 32.3 Å². The molecule has 0 aliphatic rings. The van der Waals surface area contributed by atoms with Gasteiger partial charge in [0.15, 0.2) is 0 Å². The van der Waals surface area contributed by atoms with Gasteiger partial charge in [-0.2, -0.15) is 13.2 Å². The summed E-state index contributed by atoms with van der Waals surface area (Å²) in [4.78, 5) is 55.4. The van der Waals surface area contributed by atoms with Crippen LogP contribution in [-0.4, -0.2) is 35.0 Å². The zero-order valence-corrected chi connectivity index (χ0v) is 25.8. The normalized spacial score (nSPS) is 11.8. The van der Waals surface area contributed by atoms with Gasteiger partial charge in [0.1, 0.15) is 17.6 Å². The number of anilines is 1. The second-order valence-corrected chi connectivity index (χ2v) is 11.1. The summed E-state index contributed by atoms with van der Waals surface area (Å²) in [5.41, 5.74) is 1.75. The summed E-state index contributed by atoms with van der Waals surface area (Å²) in [6, 6.07) is 27.1. The van der Waals surface area contributed by atoms with Crippen LogP contribution in [-0.2, 0) is 15.8 Å². The summed E-state index contributed by atoms with van der Waals surface area (Å²) in [5.74, 6) is -1.13. The van der Waals surface area contributed by atoms with Crippen molar-refractivity contribution >= 4 is 40.2 Å². The molecule has 0 unspecified atom stereocenters. The monoisotopic (exact) mass is 652 g/mol. The Morgan fingerprint density at radius 3 is 2.21 bits per heavy atom.